The Bertz CT molecular complexity index is 890. The van der Waals surface area contributed by atoms with E-state index in [0.29, 0.717) is 30.3 Å². The summed E-state index contributed by atoms with van der Waals surface area (Å²) in [6, 6.07) is 9.42. The predicted octanol–water partition coefficient (Wildman–Crippen LogP) is 1.82. The molecule has 1 aromatic carbocycles. The minimum atomic E-state index is 0.0247. The molecule has 28 heavy (non-hydrogen) atoms. The van der Waals surface area contributed by atoms with Gasteiger partial charge in [0.15, 0.2) is 11.6 Å². The number of anilines is 2. The molecule has 0 bridgehead atoms. The van der Waals surface area contributed by atoms with Crippen molar-refractivity contribution in [2.24, 2.45) is 16.7 Å². The largest absolute Gasteiger partial charge is 0.488 e. The number of nitrogens with two attached hydrogens (primary N) is 2. The standard InChI is InChI=1S/C20H24N6O2/c21-18(24-22)14-4-6-16(7-5-14)26-10-11-28-17-12-15(13-23-19(17)26)20(27)25-8-2-1-3-9-25/h4-7,12-13H,1-3,8-11,22H2,(H2,21,24). The smallest absolute Gasteiger partial charge is 0.255 e. The van der Waals surface area contributed by atoms with Crippen molar-refractivity contribution in [1.29, 1.82) is 0 Å². The molecule has 2 aliphatic heterocycles. The average Bonchev–Trinajstić information content (AvgIpc) is 2.78. The molecule has 146 valence electrons. The van der Waals surface area contributed by atoms with Crippen molar-refractivity contribution in [3.63, 3.8) is 0 Å². The van der Waals surface area contributed by atoms with E-state index in [4.69, 9.17) is 16.3 Å². The zero-order chi connectivity index (χ0) is 19.5. The number of nitrogens with zero attached hydrogens (tertiary/aromatic N) is 4. The molecule has 8 heteroatoms. The number of hydrogen-bond acceptors (Lipinski definition) is 6. The summed E-state index contributed by atoms with van der Waals surface area (Å²) >= 11 is 0. The summed E-state index contributed by atoms with van der Waals surface area (Å²) in [4.78, 5) is 21.3. The van der Waals surface area contributed by atoms with Crippen molar-refractivity contribution in [2.75, 3.05) is 31.1 Å². The second-order valence-electron chi connectivity index (χ2n) is 6.96. The molecule has 4 rings (SSSR count). The van der Waals surface area contributed by atoms with Crippen LogP contribution < -0.4 is 21.2 Å². The van der Waals surface area contributed by atoms with E-state index in [1.165, 1.54) is 6.42 Å². The number of amides is 1. The Balaban J connectivity index is 1.59. The molecule has 0 unspecified atom stereocenters. The number of hydrogen-bond donors (Lipinski definition) is 2. The van der Waals surface area contributed by atoms with Gasteiger partial charge in [-0.15, -0.1) is 0 Å². The fourth-order valence-corrected chi connectivity index (χ4v) is 3.63. The van der Waals surface area contributed by atoms with E-state index in [9.17, 15) is 4.79 Å². The third-order valence-electron chi connectivity index (χ3n) is 5.17. The SMILES string of the molecule is NN=C(N)c1ccc(N2CCOc3cc(C(=O)N4CCCCC4)cnc32)cc1. The van der Waals surface area contributed by atoms with E-state index < -0.39 is 0 Å². The first-order valence-corrected chi connectivity index (χ1v) is 9.51. The Hall–Kier alpha value is -3.29. The summed E-state index contributed by atoms with van der Waals surface area (Å²) in [6.45, 7) is 2.80. The predicted molar refractivity (Wildman–Crippen MR) is 108 cm³/mol. The number of fused-ring (bicyclic) bond motifs is 1. The van der Waals surface area contributed by atoms with E-state index >= 15 is 0 Å². The topological polar surface area (TPSA) is 110 Å². The number of rotatable bonds is 3. The monoisotopic (exact) mass is 380 g/mol. The molecule has 0 radical (unpaired) electrons. The highest BCUT2D eigenvalue weighted by molar-refractivity contribution is 5.97. The summed E-state index contributed by atoms with van der Waals surface area (Å²) < 4.78 is 5.80. The number of pyridine rings is 1. The lowest BCUT2D eigenvalue weighted by atomic mass is 10.1. The van der Waals surface area contributed by atoms with Crippen LogP contribution in [0.1, 0.15) is 35.2 Å². The fourth-order valence-electron chi connectivity index (χ4n) is 3.63. The Morgan fingerprint density at radius 1 is 1.07 bits per heavy atom. The van der Waals surface area contributed by atoms with Crippen molar-refractivity contribution >= 4 is 23.2 Å². The van der Waals surface area contributed by atoms with Crippen molar-refractivity contribution in [1.82, 2.24) is 9.88 Å². The number of piperidine rings is 1. The van der Waals surface area contributed by atoms with Crippen LogP contribution in [0.15, 0.2) is 41.6 Å². The van der Waals surface area contributed by atoms with Gasteiger partial charge in [-0.3, -0.25) is 4.79 Å². The number of carbonyl (C=O) groups is 1. The van der Waals surface area contributed by atoms with Crippen molar-refractivity contribution in [3.8, 4) is 5.75 Å². The van der Waals surface area contributed by atoms with Crippen LogP contribution in [0, 0.1) is 0 Å². The van der Waals surface area contributed by atoms with Gasteiger partial charge in [-0.05, 0) is 49.6 Å². The van der Waals surface area contributed by atoms with Crippen LogP contribution in [0.2, 0.25) is 0 Å². The third-order valence-corrected chi connectivity index (χ3v) is 5.17. The first kappa shape index (κ1) is 18.1. The second kappa shape index (κ2) is 7.75. The van der Waals surface area contributed by atoms with E-state index in [-0.39, 0.29) is 11.7 Å². The average molecular weight is 380 g/mol. The lowest BCUT2D eigenvalue weighted by molar-refractivity contribution is 0.0723. The molecule has 4 N–H and O–H groups in total. The van der Waals surface area contributed by atoms with Crippen molar-refractivity contribution in [3.05, 3.63) is 47.7 Å². The first-order valence-electron chi connectivity index (χ1n) is 9.51. The molecular formula is C20H24N6O2. The lowest BCUT2D eigenvalue weighted by Gasteiger charge is -2.31. The Morgan fingerprint density at radius 2 is 1.82 bits per heavy atom. The molecule has 0 aliphatic carbocycles. The molecule has 2 aromatic rings. The summed E-state index contributed by atoms with van der Waals surface area (Å²) in [7, 11) is 0. The molecule has 1 saturated heterocycles. The zero-order valence-electron chi connectivity index (χ0n) is 15.7. The van der Waals surface area contributed by atoms with E-state index in [1.807, 2.05) is 29.2 Å². The number of amidine groups is 1. The zero-order valence-corrected chi connectivity index (χ0v) is 15.7. The first-order chi connectivity index (χ1) is 13.7. The number of hydrazone groups is 1. The van der Waals surface area contributed by atoms with Gasteiger partial charge in [-0.1, -0.05) is 0 Å². The highest BCUT2D eigenvalue weighted by atomic mass is 16.5. The molecule has 0 atom stereocenters. The molecule has 1 fully saturated rings. The fraction of sp³-hybridized carbons (Fsp3) is 0.350. The maximum atomic E-state index is 12.8. The summed E-state index contributed by atoms with van der Waals surface area (Å²) in [5, 5.41) is 3.51. The molecule has 8 nitrogen and oxygen atoms in total. The Morgan fingerprint density at radius 3 is 2.54 bits per heavy atom. The van der Waals surface area contributed by atoms with E-state index in [1.54, 1.807) is 12.3 Å². The quantitative estimate of drug-likeness (QED) is 0.364. The van der Waals surface area contributed by atoms with Gasteiger partial charge in [0.25, 0.3) is 5.91 Å². The van der Waals surface area contributed by atoms with Crippen molar-refractivity contribution in [2.45, 2.75) is 19.3 Å². The van der Waals surface area contributed by atoms with Crippen LogP contribution in [0.4, 0.5) is 11.5 Å². The van der Waals surface area contributed by atoms with Gasteiger partial charge < -0.3 is 26.1 Å². The highest BCUT2D eigenvalue weighted by Crippen LogP contribution is 2.35. The molecule has 0 saturated carbocycles. The molecule has 0 spiro atoms. The molecule has 1 amide bonds. The van der Waals surface area contributed by atoms with Crippen LogP contribution >= 0.6 is 0 Å². The van der Waals surface area contributed by atoms with Gasteiger partial charge in [0.2, 0.25) is 0 Å². The molecule has 1 aromatic heterocycles. The van der Waals surface area contributed by atoms with Gasteiger partial charge in [-0.25, -0.2) is 4.98 Å². The highest BCUT2D eigenvalue weighted by Gasteiger charge is 2.25. The van der Waals surface area contributed by atoms with E-state index in [0.717, 1.165) is 37.2 Å². The number of aromatic nitrogens is 1. The van der Waals surface area contributed by atoms with Crippen LogP contribution in [0.3, 0.4) is 0 Å². The number of ether oxygens (including phenoxy) is 1. The lowest BCUT2D eigenvalue weighted by Crippen LogP contribution is -2.36. The Kier molecular flexibility index (Phi) is 5.01. The van der Waals surface area contributed by atoms with Gasteiger partial charge >= 0.3 is 0 Å². The van der Waals surface area contributed by atoms with Gasteiger partial charge in [0.05, 0.1) is 12.1 Å². The van der Waals surface area contributed by atoms with Gasteiger partial charge in [-0.2, -0.15) is 5.10 Å². The minimum absolute atomic E-state index is 0.0247. The van der Waals surface area contributed by atoms with Gasteiger partial charge in [0.1, 0.15) is 12.4 Å². The summed E-state index contributed by atoms with van der Waals surface area (Å²) in [6.07, 6.45) is 4.95. The summed E-state index contributed by atoms with van der Waals surface area (Å²) in [5.74, 6) is 6.87. The number of benzene rings is 1. The maximum absolute atomic E-state index is 12.8. The number of likely N-dealkylation sites (tertiary alicyclic amines) is 1. The molecule has 2 aliphatic rings. The number of carbonyl (C=O) groups excluding carboxylic acids is 1. The van der Waals surface area contributed by atoms with Crippen LogP contribution in [-0.2, 0) is 0 Å². The van der Waals surface area contributed by atoms with Crippen LogP contribution in [0.5, 0.6) is 5.75 Å². The molecular weight excluding hydrogens is 356 g/mol. The van der Waals surface area contributed by atoms with Gasteiger partial charge in [0, 0.05) is 30.5 Å². The van der Waals surface area contributed by atoms with Crippen molar-refractivity contribution < 1.29 is 9.53 Å². The normalized spacial score (nSPS) is 17.1. The second-order valence-corrected chi connectivity index (χ2v) is 6.96. The van der Waals surface area contributed by atoms with Crippen LogP contribution in [0.25, 0.3) is 0 Å². The van der Waals surface area contributed by atoms with E-state index in [2.05, 4.69) is 15.0 Å². The molecule has 3 heterocycles. The maximum Gasteiger partial charge on any atom is 0.255 e. The Labute approximate surface area is 163 Å². The summed E-state index contributed by atoms with van der Waals surface area (Å²) in [5.41, 5.74) is 8.04. The minimum Gasteiger partial charge on any atom is -0.488 e. The third kappa shape index (κ3) is 3.45. The van der Waals surface area contributed by atoms with Crippen LogP contribution in [-0.4, -0.2) is 47.9 Å².